The molecule has 5 nitrogen and oxygen atoms in total. The van der Waals surface area contributed by atoms with E-state index in [2.05, 4.69) is 15.3 Å². The van der Waals surface area contributed by atoms with E-state index in [4.69, 9.17) is 0 Å². The zero-order valence-corrected chi connectivity index (χ0v) is 12.0. The lowest BCUT2D eigenvalue weighted by Gasteiger charge is -2.29. The number of aromatic amines is 1. The van der Waals surface area contributed by atoms with Gasteiger partial charge < -0.3 is 15.2 Å². The number of carbonyl (C=O) groups excluding carboxylic acids is 1. The molecule has 110 valence electrons. The highest BCUT2D eigenvalue weighted by atomic mass is 16.2. The monoisotopic (exact) mass is 276 g/mol. The normalized spacial score (nSPS) is 20.9. The average molecular weight is 276 g/mol. The second-order valence-electron chi connectivity index (χ2n) is 5.95. The number of hydrogen-bond acceptors (Lipinski definition) is 2. The molecule has 1 saturated carbocycles. The summed E-state index contributed by atoms with van der Waals surface area (Å²) < 4.78 is 0. The fourth-order valence-corrected chi connectivity index (χ4v) is 3.30. The molecule has 0 atom stereocenters. The summed E-state index contributed by atoms with van der Waals surface area (Å²) in [4.78, 5) is 21.9. The van der Waals surface area contributed by atoms with Crippen LogP contribution in [0.15, 0.2) is 6.33 Å². The Morgan fingerprint density at radius 3 is 2.90 bits per heavy atom. The molecule has 2 amide bonds. The number of rotatable bonds is 1. The summed E-state index contributed by atoms with van der Waals surface area (Å²) in [6.45, 7) is 1.62. The molecule has 2 heterocycles. The molecule has 0 bridgehead atoms. The number of urea groups is 1. The molecule has 1 aliphatic heterocycles. The summed E-state index contributed by atoms with van der Waals surface area (Å²) in [6, 6.07) is 0.513. The Balaban J connectivity index is 1.55. The summed E-state index contributed by atoms with van der Waals surface area (Å²) in [5.41, 5.74) is 2.37. The van der Waals surface area contributed by atoms with Gasteiger partial charge in [0.15, 0.2) is 0 Å². The van der Waals surface area contributed by atoms with Crippen LogP contribution in [0, 0.1) is 0 Å². The van der Waals surface area contributed by atoms with Crippen molar-refractivity contribution >= 4 is 6.03 Å². The van der Waals surface area contributed by atoms with Gasteiger partial charge in [-0.15, -0.1) is 0 Å². The Hall–Kier alpha value is -1.52. The number of aromatic nitrogens is 2. The molecule has 1 aliphatic carbocycles. The van der Waals surface area contributed by atoms with Gasteiger partial charge in [-0.25, -0.2) is 9.78 Å². The van der Waals surface area contributed by atoms with Crippen molar-refractivity contribution in [1.29, 1.82) is 0 Å². The summed E-state index contributed by atoms with van der Waals surface area (Å²) in [5, 5.41) is 3.21. The van der Waals surface area contributed by atoms with Crippen molar-refractivity contribution in [2.45, 2.75) is 57.4 Å². The van der Waals surface area contributed by atoms with E-state index in [-0.39, 0.29) is 6.03 Å². The number of H-pyrrole nitrogens is 1. The quantitative estimate of drug-likeness (QED) is 0.826. The van der Waals surface area contributed by atoms with E-state index in [9.17, 15) is 4.79 Å². The first-order valence-corrected chi connectivity index (χ1v) is 7.89. The van der Waals surface area contributed by atoms with Crippen LogP contribution in [-0.2, 0) is 12.8 Å². The number of carbonyl (C=O) groups is 1. The number of aryl methyl sites for hydroxylation is 1. The average Bonchev–Trinajstić information content (AvgIpc) is 2.86. The topological polar surface area (TPSA) is 61.0 Å². The molecule has 0 spiro atoms. The van der Waals surface area contributed by atoms with Crippen molar-refractivity contribution in [2.24, 2.45) is 0 Å². The van der Waals surface area contributed by atoms with Gasteiger partial charge in [-0.3, -0.25) is 0 Å². The minimum atomic E-state index is 0.121. The summed E-state index contributed by atoms with van der Waals surface area (Å²) in [6.07, 6.45) is 10.7. The van der Waals surface area contributed by atoms with E-state index in [1.807, 2.05) is 4.90 Å². The largest absolute Gasteiger partial charge is 0.348 e. The third-order valence-corrected chi connectivity index (χ3v) is 4.50. The van der Waals surface area contributed by atoms with Crippen molar-refractivity contribution in [3.8, 4) is 0 Å². The Morgan fingerprint density at radius 1 is 1.20 bits per heavy atom. The van der Waals surface area contributed by atoms with Crippen LogP contribution in [0.5, 0.6) is 0 Å². The Labute approximate surface area is 120 Å². The summed E-state index contributed by atoms with van der Waals surface area (Å²) in [7, 11) is 0. The molecule has 20 heavy (non-hydrogen) atoms. The fraction of sp³-hybridized carbons (Fsp3) is 0.733. The third kappa shape index (κ3) is 3.14. The summed E-state index contributed by atoms with van der Waals surface area (Å²) >= 11 is 0. The Kier molecular flexibility index (Phi) is 4.23. The van der Waals surface area contributed by atoms with Gasteiger partial charge in [0.1, 0.15) is 0 Å². The van der Waals surface area contributed by atoms with Gasteiger partial charge in [0, 0.05) is 31.2 Å². The minimum Gasteiger partial charge on any atom is -0.348 e. The van der Waals surface area contributed by atoms with E-state index in [0.29, 0.717) is 6.04 Å². The lowest BCUT2D eigenvalue weighted by atomic mass is 9.96. The molecule has 2 aliphatic rings. The van der Waals surface area contributed by atoms with Gasteiger partial charge in [-0.1, -0.05) is 19.3 Å². The second kappa shape index (κ2) is 6.29. The standard InChI is InChI=1S/C15H24N4O/c20-15(18-12-5-2-1-3-6-12)19-9-4-7-13-14(8-10-19)17-11-16-13/h11-12H,1-10H2,(H,16,17)(H,18,20). The van der Waals surface area contributed by atoms with E-state index in [1.165, 1.54) is 25.0 Å². The molecule has 0 saturated heterocycles. The van der Waals surface area contributed by atoms with Crippen LogP contribution in [0.25, 0.3) is 0 Å². The van der Waals surface area contributed by atoms with Gasteiger partial charge in [-0.05, 0) is 25.7 Å². The predicted octanol–water partition coefficient (Wildman–Crippen LogP) is 2.24. The van der Waals surface area contributed by atoms with Crippen molar-refractivity contribution in [1.82, 2.24) is 20.2 Å². The third-order valence-electron chi connectivity index (χ3n) is 4.50. The van der Waals surface area contributed by atoms with Gasteiger partial charge in [0.25, 0.3) is 0 Å². The van der Waals surface area contributed by atoms with Crippen LogP contribution in [0.3, 0.4) is 0 Å². The number of amides is 2. The van der Waals surface area contributed by atoms with Crippen LogP contribution in [-0.4, -0.2) is 40.0 Å². The SMILES string of the molecule is O=C(NC1CCCCC1)N1CCCc2[nH]cnc2CC1. The number of nitrogens with one attached hydrogen (secondary N) is 2. The Morgan fingerprint density at radius 2 is 2.05 bits per heavy atom. The van der Waals surface area contributed by atoms with Crippen LogP contribution in [0.2, 0.25) is 0 Å². The first-order chi connectivity index (χ1) is 9.83. The maximum Gasteiger partial charge on any atom is 0.317 e. The van der Waals surface area contributed by atoms with Crippen LogP contribution < -0.4 is 5.32 Å². The highest BCUT2D eigenvalue weighted by molar-refractivity contribution is 5.74. The number of imidazole rings is 1. The molecule has 2 N–H and O–H groups in total. The smallest absolute Gasteiger partial charge is 0.317 e. The molecule has 1 aromatic heterocycles. The molecule has 1 aromatic rings. The number of fused-ring (bicyclic) bond motifs is 1. The van der Waals surface area contributed by atoms with E-state index in [1.54, 1.807) is 6.33 Å². The minimum absolute atomic E-state index is 0.121. The van der Waals surface area contributed by atoms with Crippen molar-refractivity contribution in [3.63, 3.8) is 0 Å². The van der Waals surface area contributed by atoms with Gasteiger partial charge in [-0.2, -0.15) is 0 Å². The van der Waals surface area contributed by atoms with Gasteiger partial charge in [0.05, 0.1) is 12.0 Å². The molecule has 5 heteroatoms. The maximum absolute atomic E-state index is 12.4. The van der Waals surface area contributed by atoms with E-state index in [0.717, 1.165) is 50.9 Å². The molecule has 0 aromatic carbocycles. The molecular weight excluding hydrogens is 252 g/mol. The van der Waals surface area contributed by atoms with E-state index < -0.39 is 0 Å². The van der Waals surface area contributed by atoms with E-state index >= 15 is 0 Å². The second-order valence-corrected chi connectivity index (χ2v) is 5.95. The molecule has 0 radical (unpaired) electrons. The molecule has 3 rings (SSSR count). The first-order valence-electron chi connectivity index (χ1n) is 7.89. The highest BCUT2D eigenvalue weighted by Crippen LogP contribution is 2.18. The molecule has 0 unspecified atom stereocenters. The van der Waals surface area contributed by atoms with Crippen molar-refractivity contribution in [3.05, 3.63) is 17.7 Å². The zero-order chi connectivity index (χ0) is 13.8. The van der Waals surface area contributed by atoms with Crippen LogP contribution in [0.4, 0.5) is 4.79 Å². The lowest BCUT2D eigenvalue weighted by molar-refractivity contribution is 0.188. The predicted molar refractivity (Wildman–Crippen MR) is 77.6 cm³/mol. The van der Waals surface area contributed by atoms with Crippen molar-refractivity contribution < 1.29 is 4.79 Å². The van der Waals surface area contributed by atoms with Crippen molar-refractivity contribution in [2.75, 3.05) is 13.1 Å². The zero-order valence-electron chi connectivity index (χ0n) is 12.0. The van der Waals surface area contributed by atoms with Gasteiger partial charge in [0.2, 0.25) is 0 Å². The highest BCUT2D eigenvalue weighted by Gasteiger charge is 2.21. The number of hydrogen-bond donors (Lipinski definition) is 2. The van der Waals surface area contributed by atoms with Gasteiger partial charge >= 0.3 is 6.03 Å². The Bertz CT molecular complexity index is 450. The maximum atomic E-state index is 12.4. The lowest BCUT2D eigenvalue weighted by Crippen LogP contribution is -2.47. The fourth-order valence-electron chi connectivity index (χ4n) is 3.30. The number of nitrogens with zero attached hydrogens (tertiary/aromatic N) is 2. The first kappa shape index (κ1) is 13.5. The van der Waals surface area contributed by atoms with Crippen LogP contribution in [0.1, 0.15) is 49.9 Å². The summed E-state index contributed by atoms with van der Waals surface area (Å²) in [5.74, 6) is 0. The van der Waals surface area contributed by atoms with Crippen LogP contribution >= 0.6 is 0 Å². The molecule has 1 fully saturated rings. The molecular formula is C15H24N4O.